The number of nitrogens with two attached hydrogens (primary N) is 1. The molecule has 21 heavy (non-hydrogen) atoms. The Bertz CT molecular complexity index is 507. The van der Waals surface area contributed by atoms with Gasteiger partial charge in [0.05, 0.1) is 0 Å². The lowest BCUT2D eigenvalue weighted by Gasteiger charge is -2.36. The summed E-state index contributed by atoms with van der Waals surface area (Å²) in [4.78, 5) is 13.9. The van der Waals surface area contributed by atoms with E-state index >= 15 is 0 Å². The third kappa shape index (κ3) is 2.84. The minimum absolute atomic E-state index is 0.399. The molecule has 4 heterocycles. The van der Waals surface area contributed by atoms with Gasteiger partial charge >= 0.3 is 0 Å². The summed E-state index contributed by atoms with van der Waals surface area (Å²) < 4.78 is 0. The van der Waals surface area contributed by atoms with Crippen LogP contribution in [0.5, 0.6) is 0 Å². The molecule has 3 saturated heterocycles. The fourth-order valence-electron chi connectivity index (χ4n) is 3.96. The molecule has 1 aromatic rings. The van der Waals surface area contributed by atoms with Gasteiger partial charge in [0.2, 0.25) is 5.95 Å². The summed E-state index contributed by atoms with van der Waals surface area (Å²) in [6, 6.07) is 2.77. The predicted octanol–water partition coefficient (Wildman–Crippen LogP) is 1.68. The van der Waals surface area contributed by atoms with Crippen LogP contribution in [0.15, 0.2) is 6.07 Å². The molecule has 2 bridgehead atoms. The standard InChI is InChI=1S/C16H25N5/c1-11-6-15(19-16(17)18-11)21-9-13-4-5-14(10-21)20(8-13)7-12-2-3-12/h6,12-14H,2-5,7-10H2,1H3,(H2,17,18,19)/t13-,14-/m1/s1. The molecule has 1 aliphatic carbocycles. The van der Waals surface area contributed by atoms with Crippen LogP contribution in [-0.4, -0.2) is 47.1 Å². The van der Waals surface area contributed by atoms with E-state index in [1.165, 1.54) is 38.8 Å². The van der Waals surface area contributed by atoms with Crippen molar-refractivity contribution in [1.82, 2.24) is 14.9 Å². The van der Waals surface area contributed by atoms with Crippen LogP contribution in [0.2, 0.25) is 0 Å². The van der Waals surface area contributed by atoms with Crippen molar-refractivity contribution >= 4 is 11.8 Å². The summed E-state index contributed by atoms with van der Waals surface area (Å²) in [5.41, 5.74) is 6.79. The average Bonchev–Trinajstić information content (AvgIpc) is 3.24. The SMILES string of the molecule is Cc1cc(N2C[C@@H]3CC[C@H](C2)N(CC2CC2)C3)nc(N)n1. The molecular formula is C16H25N5. The van der Waals surface area contributed by atoms with Crippen molar-refractivity contribution in [2.75, 3.05) is 36.8 Å². The van der Waals surface area contributed by atoms with Gasteiger partial charge in [-0.25, -0.2) is 4.98 Å². The van der Waals surface area contributed by atoms with Crippen LogP contribution in [0.3, 0.4) is 0 Å². The first-order valence-corrected chi connectivity index (χ1v) is 8.27. The summed E-state index contributed by atoms with van der Waals surface area (Å²) in [7, 11) is 0. The molecule has 5 rings (SSSR count). The lowest BCUT2D eigenvalue weighted by atomic mass is 9.95. The first kappa shape index (κ1) is 13.3. The molecule has 0 spiro atoms. The lowest BCUT2D eigenvalue weighted by molar-refractivity contribution is 0.128. The zero-order chi connectivity index (χ0) is 14.4. The van der Waals surface area contributed by atoms with Crippen molar-refractivity contribution in [2.24, 2.45) is 11.8 Å². The molecule has 4 fully saturated rings. The van der Waals surface area contributed by atoms with Gasteiger partial charge in [0.1, 0.15) is 5.82 Å². The van der Waals surface area contributed by atoms with Gasteiger partial charge in [0, 0.05) is 44.0 Å². The van der Waals surface area contributed by atoms with Crippen LogP contribution in [0, 0.1) is 18.8 Å². The summed E-state index contributed by atoms with van der Waals surface area (Å²) >= 11 is 0. The van der Waals surface area contributed by atoms with Crippen molar-refractivity contribution in [2.45, 2.75) is 38.6 Å². The van der Waals surface area contributed by atoms with Crippen molar-refractivity contribution in [3.05, 3.63) is 11.8 Å². The maximum Gasteiger partial charge on any atom is 0.222 e. The highest BCUT2D eigenvalue weighted by atomic mass is 15.3. The number of hydrogen-bond donors (Lipinski definition) is 1. The van der Waals surface area contributed by atoms with Crippen LogP contribution < -0.4 is 10.6 Å². The third-order valence-corrected chi connectivity index (χ3v) is 5.20. The zero-order valence-corrected chi connectivity index (χ0v) is 12.8. The maximum absolute atomic E-state index is 5.83. The summed E-state index contributed by atoms with van der Waals surface area (Å²) in [6.07, 6.45) is 5.59. The van der Waals surface area contributed by atoms with Crippen LogP contribution in [-0.2, 0) is 0 Å². The second kappa shape index (κ2) is 5.13. The van der Waals surface area contributed by atoms with Gasteiger partial charge in [-0.2, -0.15) is 4.98 Å². The molecule has 1 saturated carbocycles. The quantitative estimate of drug-likeness (QED) is 0.916. The number of nitrogen functional groups attached to an aromatic ring is 1. The minimum Gasteiger partial charge on any atom is -0.368 e. The number of aromatic nitrogens is 2. The van der Waals surface area contributed by atoms with E-state index in [9.17, 15) is 0 Å². The van der Waals surface area contributed by atoms with Gasteiger partial charge in [-0.05, 0) is 44.4 Å². The average molecular weight is 287 g/mol. The van der Waals surface area contributed by atoms with Gasteiger partial charge in [-0.3, -0.25) is 4.90 Å². The number of piperidine rings is 1. The second-order valence-electron chi connectivity index (χ2n) is 7.13. The molecule has 114 valence electrons. The summed E-state index contributed by atoms with van der Waals surface area (Å²) in [5, 5.41) is 0. The van der Waals surface area contributed by atoms with Crippen LogP contribution in [0.4, 0.5) is 11.8 Å². The molecule has 0 radical (unpaired) electrons. The Labute approximate surface area is 126 Å². The van der Waals surface area contributed by atoms with E-state index in [2.05, 4.69) is 25.8 Å². The number of aryl methyl sites for hydroxylation is 1. The Morgan fingerprint density at radius 1 is 1.14 bits per heavy atom. The predicted molar refractivity (Wildman–Crippen MR) is 84.2 cm³/mol. The van der Waals surface area contributed by atoms with Crippen molar-refractivity contribution in [1.29, 1.82) is 0 Å². The van der Waals surface area contributed by atoms with E-state index < -0.39 is 0 Å². The molecular weight excluding hydrogens is 262 g/mol. The first-order chi connectivity index (χ1) is 10.2. The molecule has 0 amide bonds. The molecule has 0 unspecified atom stereocenters. The molecule has 5 nitrogen and oxygen atoms in total. The molecule has 5 heteroatoms. The van der Waals surface area contributed by atoms with E-state index in [1.807, 2.05) is 6.92 Å². The van der Waals surface area contributed by atoms with Gasteiger partial charge in [0.15, 0.2) is 0 Å². The molecule has 2 N–H and O–H groups in total. The molecule has 2 atom stereocenters. The van der Waals surface area contributed by atoms with Crippen LogP contribution >= 0.6 is 0 Å². The van der Waals surface area contributed by atoms with E-state index in [4.69, 9.17) is 5.73 Å². The third-order valence-electron chi connectivity index (χ3n) is 5.20. The Balaban J connectivity index is 1.54. The minimum atomic E-state index is 0.399. The molecule has 1 aromatic heterocycles. The van der Waals surface area contributed by atoms with E-state index in [0.717, 1.165) is 36.4 Å². The van der Waals surface area contributed by atoms with E-state index in [1.54, 1.807) is 0 Å². The first-order valence-electron chi connectivity index (χ1n) is 8.27. The number of anilines is 2. The molecule has 3 aliphatic heterocycles. The Kier molecular flexibility index (Phi) is 3.25. The van der Waals surface area contributed by atoms with E-state index in [0.29, 0.717) is 12.0 Å². The fourth-order valence-corrected chi connectivity index (χ4v) is 3.96. The maximum atomic E-state index is 5.83. The Morgan fingerprint density at radius 2 is 2.00 bits per heavy atom. The number of nitrogens with zero attached hydrogens (tertiary/aromatic N) is 4. The summed E-state index contributed by atoms with van der Waals surface area (Å²) in [5.74, 6) is 3.18. The number of fused-ring (bicyclic) bond motifs is 4. The fraction of sp³-hybridized carbons (Fsp3) is 0.750. The second-order valence-corrected chi connectivity index (χ2v) is 7.13. The highest BCUT2D eigenvalue weighted by molar-refractivity contribution is 5.44. The summed E-state index contributed by atoms with van der Waals surface area (Å²) in [6.45, 7) is 6.80. The van der Waals surface area contributed by atoms with E-state index in [-0.39, 0.29) is 0 Å². The Hall–Kier alpha value is -1.36. The van der Waals surface area contributed by atoms with Gasteiger partial charge in [-0.15, -0.1) is 0 Å². The Morgan fingerprint density at radius 3 is 2.76 bits per heavy atom. The number of hydrogen-bond acceptors (Lipinski definition) is 5. The van der Waals surface area contributed by atoms with Gasteiger partial charge < -0.3 is 10.6 Å². The highest BCUT2D eigenvalue weighted by Gasteiger charge is 2.37. The van der Waals surface area contributed by atoms with Gasteiger partial charge in [0.25, 0.3) is 0 Å². The molecule has 4 aliphatic rings. The topological polar surface area (TPSA) is 58.3 Å². The monoisotopic (exact) mass is 287 g/mol. The molecule has 0 aromatic carbocycles. The smallest absolute Gasteiger partial charge is 0.222 e. The normalized spacial score (nSPS) is 29.7. The number of rotatable bonds is 3. The van der Waals surface area contributed by atoms with Crippen LogP contribution in [0.25, 0.3) is 0 Å². The van der Waals surface area contributed by atoms with Crippen LogP contribution in [0.1, 0.15) is 31.4 Å². The zero-order valence-electron chi connectivity index (χ0n) is 12.8. The van der Waals surface area contributed by atoms with Crippen molar-refractivity contribution in [3.63, 3.8) is 0 Å². The lowest BCUT2D eigenvalue weighted by Crippen LogP contribution is -2.44. The largest absolute Gasteiger partial charge is 0.368 e. The van der Waals surface area contributed by atoms with Gasteiger partial charge in [-0.1, -0.05) is 0 Å². The van der Waals surface area contributed by atoms with Crippen molar-refractivity contribution < 1.29 is 0 Å². The highest BCUT2D eigenvalue weighted by Crippen LogP contribution is 2.35. The van der Waals surface area contributed by atoms with Crippen molar-refractivity contribution in [3.8, 4) is 0 Å².